The average Bonchev–Trinajstić information content (AvgIpc) is 3.51. The summed E-state index contributed by atoms with van der Waals surface area (Å²) in [4.78, 5) is 15.0. The van der Waals surface area contributed by atoms with Gasteiger partial charge >= 0.3 is 0 Å². The van der Waals surface area contributed by atoms with E-state index < -0.39 is 0 Å². The van der Waals surface area contributed by atoms with Gasteiger partial charge in [-0.2, -0.15) is 4.98 Å². The van der Waals surface area contributed by atoms with Gasteiger partial charge in [0.15, 0.2) is 0 Å². The maximum Gasteiger partial charge on any atom is 0.225 e. The van der Waals surface area contributed by atoms with Gasteiger partial charge in [0.1, 0.15) is 17.5 Å². The largest absolute Gasteiger partial charge is 0.348 e. The van der Waals surface area contributed by atoms with Crippen molar-refractivity contribution >= 4 is 17.3 Å². The maximum absolute atomic E-state index is 13.5. The highest BCUT2D eigenvalue weighted by Crippen LogP contribution is 2.30. The van der Waals surface area contributed by atoms with E-state index in [1.165, 1.54) is 12.1 Å². The van der Waals surface area contributed by atoms with Crippen LogP contribution in [-0.2, 0) is 0 Å². The van der Waals surface area contributed by atoms with E-state index in [0.29, 0.717) is 17.6 Å². The molecule has 158 valence electrons. The molecule has 0 saturated heterocycles. The fourth-order valence-corrected chi connectivity index (χ4v) is 4.15. The van der Waals surface area contributed by atoms with Gasteiger partial charge < -0.3 is 5.32 Å². The van der Waals surface area contributed by atoms with Gasteiger partial charge in [-0.15, -0.1) is 11.3 Å². The molecule has 0 amide bonds. The van der Waals surface area contributed by atoms with Gasteiger partial charge in [-0.1, -0.05) is 36.4 Å². The van der Waals surface area contributed by atoms with Crippen molar-refractivity contribution in [3.63, 3.8) is 0 Å². The first kappa shape index (κ1) is 20.1. The number of imidazole rings is 1. The number of aromatic nitrogens is 4. The molecule has 0 bridgehead atoms. The topological polar surface area (TPSA) is 55.6 Å². The molecule has 5 nitrogen and oxygen atoms in total. The summed E-state index contributed by atoms with van der Waals surface area (Å²) < 4.78 is 15.4. The predicted molar refractivity (Wildman–Crippen MR) is 126 cm³/mol. The molecule has 1 N–H and O–H groups in total. The third kappa shape index (κ3) is 4.15. The van der Waals surface area contributed by atoms with Crippen LogP contribution in [0.2, 0.25) is 0 Å². The van der Waals surface area contributed by atoms with Gasteiger partial charge in [-0.25, -0.2) is 14.4 Å². The molecule has 5 rings (SSSR count). The third-order valence-electron chi connectivity index (χ3n) is 5.11. The lowest BCUT2D eigenvalue weighted by Crippen LogP contribution is -2.10. The van der Waals surface area contributed by atoms with Crippen LogP contribution in [0.3, 0.4) is 0 Å². The highest BCUT2D eigenvalue weighted by molar-refractivity contribution is 7.13. The minimum absolute atomic E-state index is 0.0486. The lowest BCUT2D eigenvalue weighted by atomic mass is 10.1. The molecule has 0 aliphatic carbocycles. The second-order valence-corrected chi connectivity index (χ2v) is 8.27. The molecule has 0 radical (unpaired) electrons. The summed E-state index contributed by atoms with van der Waals surface area (Å²) in [6.07, 6.45) is 3.68. The number of halogens is 1. The Labute approximate surface area is 189 Å². The van der Waals surface area contributed by atoms with Gasteiger partial charge in [-0.3, -0.25) is 4.57 Å². The quantitative estimate of drug-likeness (QED) is 0.333. The Kier molecular flexibility index (Phi) is 5.47. The number of hydrogen-bond acceptors (Lipinski definition) is 5. The Morgan fingerprint density at radius 3 is 2.50 bits per heavy atom. The van der Waals surface area contributed by atoms with Gasteiger partial charge in [-0.05, 0) is 54.3 Å². The molecule has 0 aliphatic heterocycles. The van der Waals surface area contributed by atoms with Crippen molar-refractivity contribution in [2.45, 2.75) is 13.0 Å². The Morgan fingerprint density at radius 2 is 1.75 bits per heavy atom. The summed E-state index contributed by atoms with van der Waals surface area (Å²) in [5, 5.41) is 5.38. The SMILES string of the molecule is CC(Nc1nccc(-n2cc(-c3cccs3)nc2-c2ccc(F)cc2)n1)c1ccccc1. The van der Waals surface area contributed by atoms with Gasteiger partial charge in [0.25, 0.3) is 0 Å². The van der Waals surface area contributed by atoms with Crippen LogP contribution in [0.5, 0.6) is 0 Å². The van der Waals surface area contributed by atoms with E-state index in [1.807, 2.05) is 52.5 Å². The first-order chi connectivity index (χ1) is 15.7. The molecule has 0 aliphatic rings. The highest BCUT2D eigenvalue weighted by Gasteiger charge is 2.16. The minimum Gasteiger partial charge on any atom is -0.348 e. The molecule has 3 aromatic heterocycles. The van der Waals surface area contributed by atoms with Crippen LogP contribution in [0.4, 0.5) is 10.3 Å². The van der Waals surface area contributed by atoms with Crippen LogP contribution in [0, 0.1) is 5.82 Å². The fourth-order valence-electron chi connectivity index (χ4n) is 3.47. The van der Waals surface area contributed by atoms with Gasteiger partial charge in [0, 0.05) is 18.0 Å². The number of nitrogens with one attached hydrogen (secondary N) is 1. The van der Waals surface area contributed by atoms with Crippen molar-refractivity contribution in [3.05, 3.63) is 102 Å². The number of nitrogens with zero attached hydrogens (tertiary/aromatic N) is 4. The molecule has 1 unspecified atom stereocenters. The first-order valence-corrected chi connectivity index (χ1v) is 11.1. The van der Waals surface area contributed by atoms with E-state index >= 15 is 0 Å². The molecule has 3 heterocycles. The monoisotopic (exact) mass is 441 g/mol. The Morgan fingerprint density at radius 1 is 0.938 bits per heavy atom. The summed E-state index contributed by atoms with van der Waals surface area (Å²) in [5.74, 6) is 1.61. The smallest absolute Gasteiger partial charge is 0.225 e. The predicted octanol–water partition coefficient (Wildman–Crippen LogP) is 6.37. The van der Waals surface area contributed by atoms with Crippen LogP contribution >= 0.6 is 11.3 Å². The van der Waals surface area contributed by atoms with Crippen molar-refractivity contribution < 1.29 is 4.39 Å². The van der Waals surface area contributed by atoms with E-state index in [2.05, 4.69) is 29.4 Å². The highest BCUT2D eigenvalue weighted by atomic mass is 32.1. The zero-order valence-electron chi connectivity index (χ0n) is 17.3. The number of hydrogen-bond donors (Lipinski definition) is 1. The fraction of sp³-hybridized carbons (Fsp3) is 0.0800. The van der Waals surface area contributed by atoms with Crippen LogP contribution in [0.15, 0.2) is 90.6 Å². The van der Waals surface area contributed by atoms with Crippen LogP contribution in [-0.4, -0.2) is 19.5 Å². The Balaban J connectivity index is 1.54. The van der Waals surface area contributed by atoms with Crippen molar-refractivity contribution in [1.29, 1.82) is 0 Å². The lowest BCUT2D eigenvalue weighted by molar-refractivity contribution is 0.628. The maximum atomic E-state index is 13.5. The molecule has 2 aromatic carbocycles. The molecular weight excluding hydrogens is 421 g/mol. The minimum atomic E-state index is -0.284. The van der Waals surface area contributed by atoms with Gasteiger partial charge in [0.05, 0.1) is 16.6 Å². The number of thiophene rings is 1. The molecule has 0 spiro atoms. The zero-order chi connectivity index (χ0) is 21.9. The number of benzene rings is 2. The summed E-state index contributed by atoms with van der Waals surface area (Å²) in [5.41, 5.74) is 2.79. The van der Waals surface area contributed by atoms with Crippen LogP contribution in [0.1, 0.15) is 18.5 Å². The standard InChI is InChI=1S/C25H20FN5S/c1-17(18-6-3-2-4-7-18)28-25-27-14-13-23(30-25)31-16-21(22-8-5-15-32-22)29-24(31)19-9-11-20(26)12-10-19/h2-17H,1H3,(H,27,28,30). The van der Waals surface area contributed by atoms with E-state index in [1.54, 1.807) is 29.7 Å². The average molecular weight is 442 g/mol. The summed E-state index contributed by atoms with van der Waals surface area (Å²) in [7, 11) is 0. The van der Waals surface area contributed by atoms with Crippen molar-refractivity contribution in [2.24, 2.45) is 0 Å². The van der Waals surface area contributed by atoms with Crippen molar-refractivity contribution in [1.82, 2.24) is 19.5 Å². The first-order valence-electron chi connectivity index (χ1n) is 10.2. The molecule has 0 saturated carbocycles. The molecule has 1 atom stereocenters. The number of rotatable bonds is 6. The molecule has 7 heteroatoms. The normalized spacial score (nSPS) is 11.9. The molecule has 5 aromatic rings. The lowest BCUT2D eigenvalue weighted by Gasteiger charge is -2.15. The summed E-state index contributed by atoms with van der Waals surface area (Å²) >= 11 is 1.62. The molecule has 32 heavy (non-hydrogen) atoms. The van der Waals surface area contributed by atoms with Crippen LogP contribution in [0.25, 0.3) is 27.8 Å². The van der Waals surface area contributed by atoms with Gasteiger partial charge in [0.2, 0.25) is 5.95 Å². The summed E-state index contributed by atoms with van der Waals surface area (Å²) in [6, 6.07) is 22.4. The van der Waals surface area contributed by atoms with Crippen LogP contribution < -0.4 is 5.32 Å². The molecule has 0 fully saturated rings. The second kappa shape index (κ2) is 8.72. The molecular formula is C25H20FN5S. The zero-order valence-corrected chi connectivity index (χ0v) is 18.1. The Hall–Kier alpha value is -3.84. The van der Waals surface area contributed by atoms with E-state index in [9.17, 15) is 4.39 Å². The van der Waals surface area contributed by atoms with E-state index in [-0.39, 0.29) is 11.9 Å². The third-order valence-corrected chi connectivity index (χ3v) is 6.01. The second-order valence-electron chi connectivity index (χ2n) is 7.32. The van der Waals surface area contributed by atoms with E-state index in [0.717, 1.165) is 21.7 Å². The Bertz CT molecular complexity index is 1310. The number of anilines is 1. The van der Waals surface area contributed by atoms with Crippen molar-refractivity contribution in [3.8, 4) is 27.8 Å². The summed E-state index contributed by atoms with van der Waals surface area (Å²) in [6.45, 7) is 2.07. The van der Waals surface area contributed by atoms with E-state index in [4.69, 9.17) is 9.97 Å². The van der Waals surface area contributed by atoms with Crippen molar-refractivity contribution in [2.75, 3.05) is 5.32 Å².